The summed E-state index contributed by atoms with van der Waals surface area (Å²) in [6.07, 6.45) is -1.99. The van der Waals surface area contributed by atoms with Gasteiger partial charge in [0.1, 0.15) is 0 Å². The van der Waals surface area contributed by atoms with E-state index < -0.39 is 22.4 Å². The molecule has 20 heavy (non-hydrogen) atoms. The van der Waals surface area contributed by atoms with Crippen LogP contribution in [0, 0.1) is 10.1 Å². The zero-order valence-corrected chi connectivity index (χ0v) is 11.8. The van der Waals surface area contributed by atoms with Crippen LogP contribution in [0.3, 0.4) is 0 Å². The van der Waals surface area contributed by atoms with Gasteiger partial charge in [-0.3, -0.25) is 10.1 Å². The van der Waals surface area contributed by atoms with E-state index in [2.05, 4.69) is 5.32 Å². The Bertz CT molecular complexity index is 480. The second-order valence-electron chi connectivity index (χ2n) is 4.25. The van der Waals surface area contributed by atoms with Gasteiger partial charge in [0, 0.05) is 29.6 Å². The summed E-state index contributed by atoms with van der Waals surface area (Å²) in [6, 6.07) is 2.72. The van der Waals surface area contributed by atoms with E-state index >= 15 is 0 Å². The summed E-state index contributed by atoms with van der Waals surface area (Å²) in [6.45, 7) is 2.36. The summed E-state index contributed by atoms with van der Waals surface area (Å²) < 4.78 is 38.6. The fraction of sp³-hybridized carbons (Fsp3) is 0.500. The first kappa shape index (κ1) is 16.6. The molecule has 1 aromatic rings. The highest BCUT2D eigenvalue weighted by molar-refractivity contribution is 7.99. The summed E-state index contributed by atoms with van der Waals surface area (Å²) in [7, 11) is 0. The molecule has 0 aromatic heterocycles. The highest BCUT2D eigenvalue weighted by atomic mass is 32.2. The van der Waals surface area contributed by atoms with Crippen LogP contribution in [0.4, 0.5) is 24.5 Å². The zero-order chi connectivity index (χ0) is 15.3. The smallest absolute Gasteiger partial charge is 0.385 e. The molecule has 1 aromatic carbocycles. The van der Waals surface area contributed by atoms with Gasteiger partial charge in [0.25, 0.3) is 5.69 Å². The van der Waals surface area contributed by atoms with E-state index in [-0.39, 0.29) is 5.69 Å². The molecule has 0 fully saturated rings. The first-order valence-corrected chi connectivity index (χ1v) is 7.16. The minimum absolute atomic E-state index is 0.128. The van der Waals surface area contributed by atoms with E-state index in [9.17, 15) is 23.3 Å². The molecule has 0 aliphatic carbocycles. The van der Waals surface area contributed by atoms with Gasteiger partial charge in [-0.15, -0.1) is 0 Å². The quantitative estimate of drug-likeness (QED) is 0.633. The van der Waals surface area contributed by atoms with Gasteiger partial charge in [-0.2, -0.15) is 24.9 Å². The molecule has 0 amide bonds. The van der Waals surface area contributed by atoms with Crippen molar-refractivity contribution in [3.05, 3.63) is 33.9 Å². The lowest BCUT2D eigenvalue weighted by Gasteiger charge is -2.15. The first-order chi connectivity index (χ1) is 9.25. The number of halogens is 3. The van der Waals surface area contributed by atoms with Crippen LogP contribution >= 0.6 is 11.8 Å². The van der Waals surface area contributed by atoms with Crippen LogP contribution in [0.25, 0.3) is 0 Å². The lowest BCUT2D eigenvalue weighted by atomic mass is 10.1. The molecule has 0 saturated carbocycles. The third kappa shape index (κ3) is 4.59. The molecule has 1 unspecified atom stereocenters. The van der Waals surface area contributed by atoms with Crippen LogP contribution in [0.1, 0.15) is 18.9 Å². The summed E-state index contributed by atoms with van der Waals surface area (Å²) in [5, 5.41) is 13.6. The zero-order valence-electron chi connectivity index (χ0n) is 11.0. The Kier molecular flexibility index (Phi) is 5.67. The minimum atomic E-state index is -4.63. The number of alkyl halides is 3. The lowest BCUT2D eigenvalue weighted by Crippen LogP contribution is -2.14. The standard InChI is InChI=1S/C12H15F3N2O2S/c1-8(20-2)5-6-16-11-4-3-9(17(18)19)7-10(11)12(13,14)15/h3-4,7-8,16H,5-6H2,1-2H3. The van der Waals surface area contributed by atoms with Crippen LogP contribution in [0.5, 0.6) is 0 Å². The molecule has 0 aliphatic heterocycles. The van der Waals surface area contributed by atoms with Crippen molar-refractivity contribution < 1.29 is 18.1 Å². The Hall–Kier alpha value is -1.44. The lowest BCUT2D eigenvalue weighted by molar-refractivity contribution is -0.385. The molecule has 112 valence electrons. The fourth-order valence-electron chi connectivity index (χ4n) is 1.56. The number of nitrogens with zero attached hydrogens (tertiary/aromatic N) is 1. The van der Waals surface area contributed by atoms with Gasteiger partial charge in [0.2, 0.25) is 0 Å². The molecule has 0 bridgehead atoms. The predicted octanol–water partition coefficient (Wildman–Crippen LogP) is 4.17. The van der Waals surface area contributed by atoms with Crippen LogP contribution in [0.15, 0.2) is 18.2 Å². The van der Waals surface area contributed by atoms with Gasteiger partial charge in [0.05, 0.1) is 10.5 Å². The van der Waals surface area contributed by atoms with Crippen LogP contribution in [0.2, 0.25) is 0 Å². The molecule has 1 rings (SSSR count). The molecule has 0 radical (unpaired) electrons. The van der Waals surface area contributed by atoms with Crippen molar-refractivity contribution in [3.8, 4) is 0 Å². The number of nitro groups is 1. The number of benzene rings is 1. The Labute approximate surface area is 118 Å². The molecular formula is C12H15F3N2O2S. The first-order valence-electron chi connectivity index (χ1n) is 5.88. The number of thioether (sulfide) groups is 1. The highest BCUT2D eigenvalue weighted by Gasteiger charge is 2.35. The minimum Gasteiger partial charge on any atom is -0.385 e. The van der Waals surface area contributed by atoms with E-state index in [4.69, 9.17) is 0 Å². The predicted molar refractivity (Wildman–Crippen MR) is 74.2 cm³/mol. The molecular weight excluding hydrogens is 293 g/mol. The molecule has 1 atom stereocenters. The van der Waals surface area contributed by atoms with Crippen molar-refractivity contribution in [2.45, 2.75) is 24.8 Å². The average Bonchev–Trinajstić information content (AvgIpc) is 2.37. The van der Waals surface area contributed by atoms with E-state index in [0.29, 0.717) is 24.3 Å². The molecule has 0 saturated heterocycles. The number of anilines is 1. The summed E-state index contributed by atoms with van der Waals surface area (Å²) in [4.78, 5) is 9.71. The van der Waals surface area contributed by atoms with Gasteiger partial charge in [-0.05, 0) is 18.7 Å². The van der Waals surface area contributed by atoms with Gasteiger partial charge in [-0.25, -0.2) is 0 Å². The molecule has 0 aliphatic rings. The van der Waals surface area contributed by atoms with Gasteiger partial charge >= 0.3 is 6.18 Å². The third-order valence-corrected chi connectivity index (χ3v) is 3.83. The van der Waals surface area contributed by atoms with Crippen molar-refractivity contribution in [2.24, 2.45) is 0 Å². The van der Waals surface area contributed by atoms with Gasteiger partial charge < -0.3 is 5.32 Å². The van der Waals surface area contributed by atoms with E-state index in [1.807, 2.05) is 13.2 Å². The number of rotatable bonds is 6. The SMILES string of the molecule is CSC(C)CCNc1ccc([N+](=O)[O-])cc1C(F)(F)F. The largest absolute Gasteiger partial charge is 0.418 e. The van der Waals surface area contributed by atoms with Crippen molar-refractivity contribution in [1.82, 2.24) is 0 Å². The number of non-ortho nitro benzene ring substituents is 1. The number of hydrogen-bond acceptors (Lipinski definition) is 4. The van der Waals surface area contributed by atoms with Crippen molar-refractivity contribution in [3.63, 3.8) is 0 Å². The van der Waals surface area contributed by atoms with E-state index in [1.165, 1.54) is 0 Å². The van der Waals surface area contributed by atoms with Crippen LogP contribution in [-0.2, 0) is 6.18 Å². The van der Waals surface area contributed by atoms with Crippen LogP contribution < -0.4 is 5.32 Å². The van der Waals surface area contributed by atoms with Crippen LogP contribution in [-0.4, -0.2) is 23.0 Å². The van der Waals surface area contributed by atoms with E-state index in [0.717, 1.165) is 12.1 Å². The number of hydrogen-bond donors (Lipinski definition) is 1. The molecule has 4 nitrogen and oxygen atoms in total. The summed E-state index contributed by atoms with van der Waals surface area (Å²) >= 11 is 1.62. The molecule has 1 N–H and O–H groups in total. The maximum Gasteiger partial charge on any atom is 0.418 e. The maximum absolute atomic E-state index is 12.9. The monoisotopic (exact) mass is 308 g/mol. The van der Waals surface area contributed by atoms with Crippen molar-refractivity contribution in [1.29, 1.82) is 0 Å². The average molecular weight is 308 g/mol. The van der Waals surface area contributed by atoms with Gasteiger partial charge in [0.15, 0.2) is 0 Å². The Morgan fingerprint density at radius 3 is 2.60 bits per heavy atom. The van der Waals surface area contributed by atoms with Crippen molar-refractivity contribution >= 4 is 23.1 Å². The second kappa shape index (κ2) is 6.83. The third-order valence-electron chi connectivity index (χ3n) is 2.79. The van der Waals surface area contributed by atoms with E-state index in [1.54, 1.807) is 11.8 Å². The number of nitrogens with one attached hydrogen (secondary N) is 1. The fourth-order valence-corrected chi connectivity index (χ4v) is 1.92. The molecule has 8 heteroatoms. The summed E-state index contributed by atoms with van der Waals surface area (Å²) in [5.41, 5.74) is -1.71. The summed E-state index contributed by atoms with van der Waals surface area (Å²) in [5.74, 6) is 0. The normalized spacial score (nSPS) is 13.1. The maximum atomic E-state index is 12.9. The number of nitro benzene ring substituents is 1. The molecule has 0 spiro atoms. The second-order valence-corrected chi connectivity index (χ2v) is 5.52. The van der Waals surface area contributed by atoms with Gasteiger partial charge in [-0.1, -0.05) is 6.92 Å². The topological polar surface area (TPSA) is 55.2 Å². The Balaban J connectivity index is 2.92. The highest BCUT2D eigenvalue weighted by Crippen LogP contribution is 2.37. The molecule has 0 heterocycles. The Morgan fingerprint density at radius 2 is 2.10 bits per heavy atom. The van der Waals surface area contributed by atoms with Crippen molar-refractivity contribution in [2.75, 3.05) is 18.1 Å². The Morgan fingerprint density at radius 1 is 1.45 bits per heavy atom.